The number of nitrogens with one attached hydrogen (secondary N) is 1. The van der Waals surface area contributed by atoms with Gasteiger partial charge in [-0.25, -0.2) is 0 Å². The van der Waals surface area contributed by atoms with Crippen LogP contribution in [0.4, 0.5) is 0 Å². The molecule has 0 spiro atoms. The second kappa shape index (κ2) is 5.91. The van der Waals surface area contributed by atoms with Crippen molar-refractivity contribution in [1.82, 2.24) is 5.32 Å². The monoisotopic (exact) mass is 267 g/mol. The highest BCUT2D eigenvalue weighted by atomic mass is 16.2. The van der Waals surface area contributed by atoms with Gasteiger partial charge >= 0.3 is 0 Å². The number of carbonyl (C=O) groups excluding carboxylic acids is 1. The Balaban J connectivity index is 2.20. The van der Waals surface area contributed by atoms with Gasteiger partial charge in [-0.2, -0.15) is 0 Å². The van der Waals surface area contributed by atoms with Crippen LogP contribution in [0.2, 0.25) is 0 Å². The van der Waals surface area contributed by atoms with E-state index < -0.39 is 0 Å². The van der Waals surface area contributed by atoms with Crippen LogP contribution in [0.5, 0.6) is 0 Å². The standard InChI is InChI=1S/C18H21NO/c1-18(2,3)17(20)19-13-15-11-7-8-12-16(15)14-9-5-4-6-10-14/h4-12H,13H2,1-3H3,(H,19,20). The van der Waals surface area contributed by atoms with Gasteiger partial charge in [0.15, 0.2) is 0 Å². The maximum atomic E-state index is 12.0. The SMILES string of the molecule is CC(C)(C)C(=O)NCc1ccccc1-c1ccccc1. The number of benzene rings is 2. The van der Waals surface area contributed by atoms with Crippen LogP contribution in [0.1, 0.15) is 26.3 Å². The molecular weight excluding hydrogens is 246 g/mol. The number of rotatable bonds is 3. The second-order valence-corrected chi connectivity index (χ2v) is 5.96. The Labute approximate surface area is 120 Å². The molecule has 104 valence electrons. The van der Waals surface area contributed by atoms with Crippen LogP contribution in [0.15, 0.2) is 54.6 Å². The second-order valence-electron chi connectivity index (χ2n) is 5.96. The molecule has 0 aromatic heterocycles. The summed E-state index contributed by atoms with van der Waals surface area (Å²) in [7, 11) is 0. The molecule has 0 bridgehead atoms. The largest absolute Gasteiger partial charge is 0.352 e. The summed E-state index contributed by atoms with van der Waals surface area (Å²) in [6.07, 6.45) is 0. The quantitative estimate of drug-likeness (QED) is 0.894. The fraction of sp³-hybridized carbons (Fsp3) is 0.278. The molecule has 20 heavy (non-hydrogen) atoms. The first kappa shape index (κ1) is 14.3. The van der Waals surface area contributed by atoms with Crippen LogP contribution in [-0.2, 0) is 11.3 Å². The number of hydrogen-bond donors (Lipinski definition) is 1. The van der Waals surface area contributed by atoms with E-state index in [9.17, 15) is 4.79 Å². The summed E-state index contributed by atoms with van der Waals surface area (Å²) in [5.41, 5.74) is 3.12. The zero-order valence-electron chi connectivity index (χ0n) is 12.3. The van der Waals surface area contributed by atoms with E-state index in [1.807, 2.05) is 51.1 Å². The minimum atomic E-state index is -0.359. The van der Waals surface area contributed by atoms with Crippen LogP contribution in [0.25, 0.3) is 11.1 Å². The van der Waals surface area contributed by atoms with Crippen LogP contribution >= 0.6 is 0 Å². The van der Waals surface area contributed by atoms with E-state index in [0.29, 0.717) is 6.54 Å². The fourth-order valence-electron chi connectivity index (χ4n) is 2.01. The Morgan fingerprint density at radius 3 is 2.20 bits per heavy atom. The summed E-state index contributed by atoms with van der Waals surface area (Å²) in [4.78, 5) is 12.0. The van der Waals surface area contributed by atoms with Gasteiger partial charge in [0.25, 0.3) is 0 Å². The third kappa shape index (κ3) is 3.47. The molecule has 0 radical (unpaired) electrons. The highest BCUT2D eigenvalue weighted by Gasteiger charge is 2.20. The minimum Gasteiger partial charge on any atom is -0.352 e. The number of carbonyl (C=O) groups is 1. The molecule has 0 heterocycles. The van der Waals surface area contributed by atoms with Crippen molar-refractivity contribution >= 4 is 5.91 Å². The van der Waals surface area contributed by atoms with Crippen LogP contribution in [0.3, 0.4) is 0 Å². The molecule has 0 saturated carbocycles. The van der Waals surface area contributed by atoms with E-state index in [1.54, 1.807) is 0 Å². The molecule has 2 aromatic rings. The summed E-state index contributed by atoms with van der Waals surface area (Å²) in [5.74, 6) is 0.0698. The van der Waals surface area contributed by atoms with Gasteiger partial charge in [0.1, 0.15) is 0 Å². The molecule has 1 amide bonds. The van der Waals surface area contributed by atoms with E-state index >= 15 is 0 Å². The van der Waals surface area contributed by atoms with Gasteiger partial charge in [0.05, 0.1) is 0 Å². The van der Waals surface area contributed by atoms with Crippen LogP contribution in [-0.4, -0.2) is 5.91 Å². The molecule has 0 atom stereocenters. The zero-order valence-corrected chi connectivity index (χ0v) is 12.3. The molecule has 0 unspecified atom stereocenters. The normalized spacial score (nSPS) is 11.2. The molecule has 1 N–H and O–H groups in total. The van der Waals surface area contributed by atoms with Gasteiger partial charge in [-0.05, 0) is 16.7 Å². The average Bonchev–Trinajstić information content (AvgIpc) is 2.45. The first-order valence-corrected chi connectivity index (χ1v) is 6.90. The lowest BCUT2D eigenvalue weighted by atomic mass is 9.95. The van der Waals surface area contributed by atoms with Gasteiger partial charge in [-0.1, -0.05) is 75.4 Å². The van der Waals surface area contributed by atoms with Gasteiger partial charge in [0, 0.05) is 12.0 Å². The van der Waals surface area contributed by atoms with Crippen molar-refractivity contribution in [2.24, 2.45) is 5.41 Å². The average molecular weight is 267 g/mol. The predicted octanol–water partition coefficient (Wildman–Crippen LogP) is 4.02. The summed E-state index contributed by atoms with van der Waals surface area (Å²) in [5, 5.41) is 3.01. The Bertz CT molecular complexity index is 582. The van der Waals surface area contributed by atoms with Crippen LogP contribution in [0, 0.1) is 5.41 Å². The maximum Gasteiger partial charge on any atom is 0.225 e. The van der Waals surface area contributed by atoms with Crippen molar-refractivity contribution in [3.05, 3.63) is 60.2 Å². The Morgan fingerprint density at radius 1 is 0.950 bits per heavy atom. The molecule has 2 rings (SSSR count). The fourth-order valence-corrected chi connectivity index (χ4v) is 2.01. The molecular formula is C18H21NO. The van der Waals surface area contributed by atoms with Crippen molar-refractivity contribution in [3.8, 4) is 11.1 Å². The lowest BCUT2D eigenvalue weighted by Gasteiger charge is -2.18. The third-order valence-electron chi connectivity index (χ3n) is 3.22. The summed E-state index contributed by atoms with van der Waals surface area (Å²) < 4.78 is 0. The maximum absolute atomic E-state index is 12.0. The first-order chi connectivity index (χ1) is 9.48. The number of amides is 1. The van der Waals surface area contributed by atoms with Crippen LogP contribution < -0.4 is 5.32 Å². The van der Waals surface area contributed by atoms with Gasteiger partial charge < -0.3 is 5.32 Å². The molecule has 2 heteroatoms. The molecule has 2 aromatic carbocycles. The highest BCUT2D eigenvalue weighted by Crippen LogP contribution is 2.23. The van der Waals surface area contributed by atoms with Crippen molar-refractivity contribution in [3.63, 3.8) is 0 Å². The number of hydrogen-bond acceptors (Lipinski definition) is 1. The minimum absolute atomic E-state index is 0.0698. The summed E-state index contributed by atoms with van der Waals surface area (Å²) >= 11 is 0. The van der Waals surface area contributed by atoms with Crippen molar-refractivity contribution in [2.75, 3.05) is 0 Å². The van der Waals surface area contributed by atoms with Gasteiger partial charge in [-0.15, -0.1) is 0 Å². The van der Waals surface area contributed by atoms with Crippen molar-refractivity contribution in [2.45, 2.75) is 27.3 Å². The zero-order chi connectivity index (χ0) is 14.6. The van der Waals surface area contributed by atoms with Crippen molar-refractivity contribution < 1.29 is 4.79 Å². The van der Waals surface area contributed by atoms with E-state index in [2.05, 4.69) is 29.6 Å². The molecule has 0 fully saturated rings. The van der Waals surface area contributed by atoms with Gasteiger partial charge in [-0.3, -0.25) is 4.79 Å². The summed E-state index contributed by atoms with van der Waals surface area (Å²) in [6, 6.07) is 18.4. The first-order valence-electron chi connectivity index (χ1n) is 6.90. The van der Waals surface area contributed by atoms with E-state index in [1.165, 1.54) is 11.1 Å². The lowest BCUT2D eigenvalue weighted by molar-refractivity contribution is -0.128. The Morgan fingerprint density at radius 2 is 1.55 bits per heavy atom. The Hall–Kier alpha value is -2.09. The topological polar surface area (TPSA) is 29.1 Å². The summed E-state index contributed by atoms with van der Waals surface area (Å²) in [6.45, 7) is 6.32. The third-order valence-corrected chi connectivity index (χ3v) is 3.22. The Kier molecular flexibility index (Phi) is 4.23. The van der Waals surface area contributed by atoms with E-state index in [-0.39, 0.29) is 11.3 Å². The predicted molar refractivity (Wildman–Crippen MR) is 83.2 cm³/mol. The van der Waals surface area contributed by atoms with E-state index in [4.69, 9.17) is 0 Å². The lowest BCUT2D eigenvalue weighted by Crippen LogP contribution is -2.34. The molecule has 0 saturated heterocycles. The molecule has 0 aliphatic heterocycles. The van der Waals surface area contributed by atoms with Crippen molar-refractivity contribution in [1.29, 1.82) is 0 Å². The molecule has 2 nitrogen and oxygen atoms in total. The smallest absolute Gasteiger partial charge is 0.225 e. The molecule has 0 aliphatic carbocycles. The van der Waals surface area contributed by atoms with Gasteiger partial charge in [0.2, 0.25) is 5.91 Å². The molecule has 0 aliphatic rings. The van der Waals surface area contributed by atoms with E-state index in [0.717, 1.165) is 5.56 Å². The highest BCUT2D eigenvalue weighted by molar-refractivity contribution is 5.81.